The van der Waals surface area contributed by atoms with E-state index in [1.807, 2.05) is 24.4 Å². The molecule has 1 heterocycles. The van der Waals surface area contributed by atoms with E-state index in [-0.39, 0.29) is 17.1 Å². The Morgan fingerprint density at radius 2 is 1.91 bits per heavy atom. The van der Waals surface area contributed by atoms with Crippen LogP contribution in [0, 0.1) is 5.82 Å². The minimum Gasteiger partial charge on any atom is -0.504 e. The van der Waals surface area contributed by atoms with E-state index in [0.717, 1.165) is 72.5 Å². The lowest BCUT2D eigenvalue weighted by Crippen LogP contribution is -2.33. The van der Waals surface area contributed by atoms with Crippen LogP contribution in [0.5, 0.6) is 5.75 Å². The predicted octanol–water partition coefficient (Wildman–Crippen LogP) is 5.31. The fourth-order valence-electron chi connectivity index (χ4n) is 4.69. The van der Waals surface area contributed by atoms with Gasteiger partial charge in [-0.05, 0) is 73.9 Å². The number of hydrogen-bond acceptors (Lipinski definition) is 5. The normalized spacial score (nSPS) is 22.0. The molecule has 5 rings (SSSR count). The van der Waals surface area contributed by atoms with E-state index in [1.165, 1.54) is 6.07 Å². The molecule has 4 N–H and O–H groups in total. The number of fused-ring (bicyclic) bond motifs is 1. The molecule has 0 amide bonds. The van der Waals surface area contributed by atoms with Gasteiger partial charge in [0.1, 0.15) is 6.29 Å². The molecule has 2 saturated carbocycles. The summed E-state index contributed by atoms with van der Waals surface area (Å²) in [6.45, 7) is 0. The molecule has 7 heteroatoms. The summed E-state index contributed by atoms with van der Waals surface area (Å²) in [5.41, 5.74) is 9.54. The molecular weight excluding hydrogens is 429 g/mol. The molecule has 1 aromatic heterocycles. The lowest BCUT2D eigenvalue weighted by atomic mass is 9.89. The molecule has 166 valence electrons. The minimum atomic E-state index is -0.769. The van der Waals surface area contributed by atoms with E-state index in [4.69, 9.17) is 17.3 Å². The zero-order valence-corrected chi connectivity index (χ0v) is 18.3. The Balaban J connectivity index is 1.64. The third-order valence-corrected chi connectivity index (χ3v) is 7.18. The van der Waals surface area contributed by atoms with Gasteiger partial charge in [-0.1, -0.05) is 17.7 Å². The number of benzene rings is 2. The van der Waals surface area contributed by atoms with Gasteiger partial charge in [-0.2, -0.15) is 0 Å². The van der Waals surface area contributed by atoms with Gasteiger partial charge in [-0.25, -0.2) is 4.39 Å². The van der Waals surface area contributed by atoms with Gasteiger partial charge in [-0.3, -0.25) is 4.98 Å². The van der Waals surface area contributed by atoms with Crippen molar-refractivity contribution in [3.05, 3.63) is 52.9 Å². The highest BCUT2D eigenvalue weighted by Crippen LogP contribution is 2.50. The van der Waals surface area contributed by atoms with E-state index in [1.54, 1.807) is 6.07 Å². The van der Waals surface area contributed by atoms with Crippen LogP contribution < -0.4 is 11.1 Å². The molecule has 32 heavy (non-hydrogen) atoms. The molecule has 0 atom stereocenters. The predicted molar refractivity (Wildman–Crippen MR) is 125 cm³/mol. The smallest absolute Gasteiger partial charge is 0.170 e. The third kappa shape index (κ3) is 3.71. The van der Waals surface area contributed by atoms with Crippen molar-refractivity contribution in [2.24, 2.45) is 5.73 Å². The Morgan fingerprint density at radius 3 is 2.56 bits per heavy atom. The standard InChI is InChI=1S/C25H25ClFN3O2/c26-20-10-15(11-21(27)24(20)32)14-1-6-22-18(9-14)23(30-17-4-2-16(28)3-5-17)19(12-29-22)25(13-31)7-8-25/h1,6,9-13,16-17,32H,2-5,7-8,28H2,(H,29,30)/t16-,17-. The first kappa shape index (κ1) is 21.2. The summed E-state index contributed by atoms with van der Waals surface area (Å²) in [4.78, 5) is 16.6. The Bertz CT molecular complexity index is 1180. The quantitative estimate of drug-likeness (QED) is 0.455. The summed E-state index contributed by atoms with van der Waals surface area (Å²) in [5.74, 6) is -1.33. The fourth-order valence-corrected chi connectivity index (χ4v) is 4.90. The second kappa shape index (κ2) is 8.01. The largest absolute Gasteiger partial charge is 0.504 e. The average Bonchev–Trinajstić information content (AvgIpc) is 3.59. The van der Waals surface area contributed by atoms with Crippen molar-refractivity contribution in [1.29, 1.82) is 0 Å². The zero-order valence-electron chi connectivity index (χ0n) is 17.6. The number of anilines is 1. The summed E-state index contributed by atoms with van der Waals surface area (Å²) in [6, 6.07) is 9.01. The molecule has 0 spiro atoms. The van der Waals surface area contributed by atoms with Crippen molar-refractivity contribution in [3.63, 3.8) is 0 Å². The van der Waals surface area contributed by atoms with Crippen LogP contribution in [0.25, 0.3) is 22.0 Å². The number of hydrogen-bond donors (Lipinski definition) is 3. The van der Waals surface area contributed by atoms with Gasteiger partial charge >= 0.3 is 0 Å². The third-order valence-electron chi connectivity index (χ3n) is 6.89. The van der Waals surface area contributed by atoms with Crippen LogP contribution >= 0.6 is 11.6 Å². The second-order valence-electron chi connectivity index (χ2n) is 9.10. The van der Waals surface area contributed by atoms with Gasteiger partial charge < -0.3 is 21.0 Å². The number of carbonyl (C=O) groups is 1. The first-order chi connectivity index (χ1) is 15.4. The molecule has 2 fully saturated rings. The van der Waals surface area contributed by atoms with Crippen LogP contribution in [-0.4, -0.2) is 28.5 Å². The zero-order chi connectivity index (χ0) is 22.5. The lowest BCUT2D eigenvalue weighted by Gasteiger charge is -2.29. The summed E-state index contributed by atoms with van der Waals surface area (Å²) >= 11 is 6.01. The number of aldehydes is 1. The maximum atomic E-state index is 14.1. The molecule has 0 aliphatic heterocycles. The average molecular weight is 454 g/mol. The van der Waals surface area contributed by atoms with E-state index in [2.05, 4.69) is 10.3 Å². The molecule has 2 aliphatic rings. The number of aromatic nitrogens is 1. The van der Waals surface area contributed by atoms with Crippen molar-refractivity contribution in [3.8, 4) is 16.9 Å². The maximum Gasteiger partial charge on any atom is 0.170 e. The van der Waals surface area contributed by atoms with Crippen molar-refractivity contribution >= 4 is 34.5 Å². The van der Waals surface area contributed by atoms with Crippen LogP contribution in [0.3, 0.4) is 0 Å². The molecule has 2 aliphatic carbocycles. The number of carbonyl (C=O) groups excluding carboxylic acids is 1. The number of aromatic hydroxyl groups is 1. The van der Waals surface area contributed by atoms with Gasteiger partial charge in [0.05, 0.1) is 16.0 Å². The highest BCUT2D eigenvalue weighted by Gasteiger charge is 2.46. The first-order valence-electron chi connectivity index (χ1n) is 11.0. The van der Waals surface area contributed by atoms with E-state index >= 15 is 0 Å². The van der Waals surface area contributed by atoms with Gasteiger partial charge in [0.15, 0.2) is 11.6 Å². The number of nitrogens with one attached hydrogen (secondary N) is 1. The van der Waals surface area contributed by atoms with Gasteiger partial charge in [0.2, 0.25) is 0 Å². The number of halogens is 2. The molecule has 0 radical (unpaired) electrons. The summed E-state index contributed by atoms with van der Waals surface area (Å²) in [6.07, 6.45) is 8.34. The highest BCUT2D eigenvalue weighted by molar-refractivity contribution is 6.32. The maximum absolute atomic E-state index is 14.1. The van der Waals surface area contributed by atoms with Crippen LogP contribution in [0.1, 0.15) is 44.1 Å². The molecule has 0 saturated heterocycles. The summed E-state index contributed by atoms with van der Waals surface area (Å²) in [7, 11) is 0. The van der Waals surface area contributed by atoms with E-state index in [0.29, 0.717) is 5.56 Å². The summed E-state index contributed by atoms with van der Waals surface area (Å²) < 4.78 is 14.1. The molecule has 5 nitrogen and oxygen atoms in total. The van der Waals surface area contributed by atoms with Gasteiger partial charge in [0, 0.05) is 34.9 Å². The highest BCUT2D eigenvalue weighted by atomic mass is 35.5. The number of phenols is 1. The van der Waals surface area contributed by atoms with Crippen LogP contribution in [-0.2, 0) is 10.2 Å². The van der Waals surface area contributed by atoms with Crippen LogP contribution in [0.2, 0.25) is 5.02 Å². The Labute approximate surface area is 190 Å². The molecular formula is C25H25ClFN3O2. The first-order valence-corrected chi connectivity index (χ1v) is 11.4. The van der Waals surface area contributed by atoms with Crippen molar-refractivity contribution in [2.45, 2.75) is 56.0 Å². The van der Waals surface area contributed by atoms with E-state index in [9.17, 15) is 14.3 Å². The Hall–Kier alpha value is -2.70. The lowest BCUT2D eigenvalue weighted by molar-refractivity contribution is -0.109. The Kier molecular flexibility index (Phi) is 5.30. The van der Waals surface area contributed by atoms with Crippen LogP contribution in [0.15, 0.2) is 36.5 Å². The topological polar surface area (TPSA) is 88.2 Å². The fraction of sp³-hybridized carbons (Fsp3) is 0.360. The van der Waals surface area contributed by atoms with Gasteiger partial charge in [-0.15, -0.1) is 0 Å². The number of rotatable bonds is 5. The SMILES string of the molecule is N[C@H]1CC[C@H](Nc2c(C3(C=O)CC3)cnc3ccc(-c4cc(F)c(O)c(Cl)c4)cc23)CC1. The van der Waals surface area contributed by atoms with Crippen LogP contribution in [0.4, 0.5) is 10.1 Å². The number of nitrogens with two attached hydrogens (primary N) is 1. The summed E-state index contributed by atoms with van der Waals surface area (Å²) in [5, 5.41) is 14.2. The monoisotopic (exact) mass is 453 g/mol. The van der Waals surface area contributed by atoms with Crippen molar-refractivity contribution in [2.75, 3.05) is 5.32 Å². The number of nitrogens with zero attached hydrogens (tertiary/aromatic N) is 1. The Morgan fingerprint density at radius 1 is 1.16 bits per heavy atom. The number of pyridine rings is 1. The molecule has 2 aromatic carbocycles. The van der Waals surface area contributed by atoms with Crippen molar-refractivity contribution in [1.82, 2.24) is 4.98 Å². The molecule has 3 aromatic rings. The van der Waals surface area contributed by atoms with Gasteiger partial charge in [0.25, 0.3) is 0 Å². The second-order valence-corrected chi connectivity index (χ2v) is 9.50. The minimum absolute atomic E-state index is 0.0400. The van der Waals surface area contributed by atoms with E-state index < -0.39 is 17.0 Å². The van der Waals surface area contributed by atoms with Crippen molar-refractivity contribution < 1.29 is 14.3 Å². The molecule has 0 unspecified atom stereocenters. The number of phenolic OH excluding ortho intramolecular Hbond substituents is 1. The molecule has 0 bridgehead atoms.